The van der Waals surface area contributed by atoms with Crippen LogP contribution in [0.1, 0.15) is 29.6 Å². The van der Waals surface area contributed by atoms with Crippen molar-refractivity contribution in [2.75, 3.05) is 5.32 Å². The Morgan fingerprint density at radius 2 is 1.87 bits per heavy atom. The SMILES string of the molecule is Cc1ccc(NC(=O)C(C)Sc2nc(C)nc(C)c2C#N)cc1. The number of hydrogen-bond acceptors (Lipinski definition) is 5. The van der Waals surface area contributed by atoms with Crippen molar-refractivity contribution in [2.24, 2.45) is 0 Å². The maximum atomic E-state index is 12.3. The summed E-state index contributed by atoms with van der Waals surface area (Å²) in [6.45, 7) is 7.33. The van der Waals surface area contributed by atoms with Gasteiger partial charge in [0, 0.05) is 5.69 Å². The van der Waals surface area contributed by atoms with Gasteiger partial charge in [0.15, 0.2) is 0 Å². The van der Waals surface area contributed by atoms with Gasteiger partial charge in [-0.2, -0.15) is 5.26 Å². The van der Waals surface area contributed by atoms with Crippen molar-refractivity contribution < 1.29 is 4.79 Å². The molecule has 1 amide bonds. The number of hydrogen-bond donors (Lipinski definition) is 1. The summed E-state index contributed by atoms with van der Waals surface area (Å²) in [5, 5.41) is 12.3. The minimum Gasteiger partial charge on any atom is -0.325 e. The minimum absolute atomic E-state index is 0.128. The Morgan fingerprint density at radius 3 is 2.48 bits per heavy atom. The van der Waals surface area contributed by atoms with Crippen molar-refractivity contribution in [3.05, 3.63) is 46.9 Å². The largest absolute Gasteiger partial charge is 0.325 e. The van der Waals surface area contributed by atoms with Crippen LogP contribution in [0.25, 0.3) is 0 Å². The minimum atomic E-state index is -0.378. The predicted molar refractivity (Wildman–Crippen MR) is 91.3 cm³/mol. The summed E-state index contributed by atoms with van der Waals surface area (Å²) >= 11 is 1.27. The van der Waals surface area contributed by atoms with Gasteiger partial charge in [-0.3, -0.25) is 4.79 Å². The van der Waals surface area contributed by atoms with Crippen LogP contribution in [0.2, 0.25) is 0 Å². The van der Waals surface area contributed by atoms with Gasteiger partial charge in [0.1, 0.15) is 22.5 Å². The van der Waals surface area contributed by atoms with Crippen molar-refractivity contribution in [3.8, 4) is 6.07 Å². The second-order valence-electron chi connectivity index (χ2n) is 5.26. The molecule has 0 spiro atoms. The van der Waals surface area contributed by atoms with Gasteiger partial charge in [-0.1, -0.05) is 29.5 Å². The van der Waals surface area contributed by atoms with E-state index in [0.717, 1.165) is 11.3 Å². The molecule has 0 fully saturated rings. The van der Waals surface area contributed by atoms with Gasteiger partial charge in [0.25, 0.3) is 0 Å². The number of nitrogens with one attached hydrogen (secondary N) is 1. The number of nitriles is 1. The molecule has 0 aliphatic heterocycles. The number of anilines is 1. The van der Waals surface area contributed by atoms with Crippen LogP contribution in [-0.4, -0.2) is 21.1 Å². The standard InChI is InChI=1S/C17H18N4OS/c1-10-5-7-14(8-6-10)21-16(22)12(3)23-17-15(9-18)11(2)19-13(4)20-17/h5-8,12H,1-4H3,(H,21,22). The first-order chi connectivity index (χ1) is 10.9. The van der Waals surface area contributed by atoms with Crippen molar-refractivity contribution in [1.82, 2.24) is 9.97 Å². The molecule has 1 atom stereocenters. The molecule has 0 saturated heterocycles. The third kappa shape index (κ3) is 4.30. The number of thioether (sulfide) groups is 1. The van der Waals surface area contributed by atoms with E-state index >= 15 is 0 Å². The third-order valence-electron chi connectivity index (χ3n) is 3.26. The molecule has 23 heavy (non-hydrogen) atoms. The second kappa shape index (κ2) is 7.25. The Labute approximate surface area is 140 Å². The maximum Gasteiger partial charge on any atom is 0.237 e. The Balaban J connectivity index is 2.12. The smallest absolute Gasteiger partial charge is 0.237 e. The van der Waals surface area contributed by atoms with Gasteiger partial charge in [-0.15, -0.1) is 0 Å². The molecule has 0 saturated carbocycles. The Morgan fingerprint density at radius 1 is 1.22 bits per heavy atom. The van der Waals surface area contributed by atoms with E-state index in [2.05, 4.69) is 21.4 Å². The lowest BCUT2D eigenvalue weighted by atomic mass is 10.2. The van der Waals surface area contributed by atoms with Crippen molar-refractivity contribution in [2.45, 2.75) is 38.0 Å². The number of benzene rings is 1. The maximum absolute atomic E-state index is 12.3. The van der Waals surface area contributed by atoms with Crippen molar-refractivity contribution in [3.63, 3.8) is 0 Å². The molecule has 118 valence electrons. The summed E-state index contributed by atoms with van der Waals surface area (Å²) in [7, 11) is 0. The molecule has 0 aliphatic carbocycles. The van der Waals surface area contributed by atoms with Crippen LogP contribution in [0.5, 0.6) is 0 Å². The Bertz CT molecular complexity index is 765. The fourth-order valence-electron chi connectivity index (χ4n) is 2.00. The first kappa shape index (κ1) is 17.0. The molecule has 5 nitrogen and oxygen atoms in total. The number of amides is 1. The lowest BCUT2D eigenvalue weighted by molar-refractivity contribution is -0.115. The average molecular weight is 326 g/mol. The molecule has 2 aromatic rings. The number of aromatic nitrogens is 2. The quantitative estimate of drug-likeness (QED) is 0.688. The van der Waals surface area contributed by atoms with Gasteiger partial charge in [0.2, 0.25) is 5.91 Å². The molecule has 6 heteroatoms. The number of rotatable bonds is 4. The monoisotopic (exact) mass is 326 g/mol. The molecule has 0 bridgehead atoms. The average Bonchev–Trinajstić information content (AvgIpc) is 2.49. The van der Waals surface area contributed by atoms with Gasteiger partial charge >= 0.3 is 0 Å². The first-order valence-electron chi connectivity index (χ1n) is 7.20. The van der Waals surface area contributed by atoms with E-state index in [0.29, 0.717) is 22.1 Å². The van der Waals surface area contributed by atoms with Crippen LogP contribution >= 0.6 is 11.8 Å². The highest BCUT2D eigenvalue weighted by Gasteiger charge is 2.19. The van der Waals surface area contributed by atoms with Gasteiger partial charge < -0.3 is 5.32 Å². The van der Waals surface area contributed by atoms with Crippen molar-refractivity contribution >= 4 is 23.4 Å². The lowest BCUT2D eigenvalue weighted by Crippen LogP contribution is -2.22. The summed E-state index contributed by atoms with van der Waals surface area (Å²) in [6.07, 6.45) is 0. The fourth-order valence-corrected chi connectivity index (χ4v) is 2.99. The summed E-state index contributed by atoms with van der Waals surface area (Å²) < 4.78 is 0. The third-order valence-corrected chi connectivity index (χ3v) is 4.34. The van der Waals surface area contributed by atoms with Crippen LogP contribution in [0, 0.1) is 32.1 Å². The number of carbonyl (C=O) groups excluding carboxylic acids is 1. The highest BCUT2D eigenvalue weighted by atomic mass is 32.2. The zero-order valence-corrected chi connectivity index (χ0v) is 14.4. The number of carbonyl (C=O) groups is 1. The van der Waals surface area contributed by atoms with E-state index in [4.69, 9.17) is 0 Å². The summed E-state index contributed by atoms with van der Waals surface area (Å²) in [4.78, 5) is 20.8. The number of nitrogens with zero attached hydrogens (tertiary/aromatic N) is 3. The molecule has 1 heterocycles. The zero-order valence-electron chi connectivity index (χ0n) is 13.5. The second-order valence-corrected chi connectivity index (χ2v) is 6.59. The molecule has 0 radical (unpaired) electrons. The van der Waals surface area contributed by atoms with Gasteiger partial charge in [-0.25, -0.2) is 9.97 Å². The predicted octanol–water partition coefficient (Wildman–Crippen LogP) is 3.39. The van der Waals surface area contributed by atoms with Crippen LogP contribution < -0.4 is 5.32 Å². The summed E-state index contributed by atoms with van der Waals surface area (Å²) in [5.74, 6) is 0.465. The zero-order chi connectivity index (χ0) is 17.0. The molecular weight excluding hydrogens is 308 g/mol. The lowest BCUT2D eigenvalue weighted by Gasteiger charge is -2.13. The molecule has 1 unspecified atom stereocenters. The van der Waals surface area contributed by atoms with Crippen LogP contribution in [0.15, 0.2) is 29.3 Å². The van der Waals surface area contributed by atoms with E-state index in [-0.39, 0.29) is 11.2 Å². The molecule has 1 aromatic heterocycles. The van der Waals surface area contributed by atoms with Crippen LogP contribution in [0.4, 0.5) is 5.69 Å². The van der Waals surface area contributed by atoms with E-state index in [1.165, 1.54) is 11.8 Å². The topological polar surface area (TPSA) is 78.7 Å². The van der Waals surface area contributed by atoms with Crippen LogP contribution in [-0.2, 0) is 4.79 Å². The summed E-state index contributed by atoms with van der Waals surface area (Å²) in [6, 6.07) is 9.73. The molecule has 1 N–H and O–H groups in total. The van der Waals surface area contributed by atoms with Gasteiger partial charge in [0.05, 0.1) is 10.9 Å². The Hall–Kier alpha value is -2.39. The highest BCUT2D eigenvalue weighted by Crippen LogP contribution is 2.27. The van der Waals surface area contributed by atoms with Crippen molar-refractivity contribution in [1.29, 1.82) is 5.26 Å². The van der Waals surface area contributed by atoms with E-state index in [1.54, 1.807) is 20.8 Å². The first-order valence-corrected chi connectivity index (χ1v) is 8.08. The molecule has 1 aromatic carbocycles. The fraction of sp³-hybridized carbons (Fsp3) is 0.294. The van der Waals surface area contributed by atoms with Gasteiger partial charge in [-0.05, 0) is 39.8 Å². The van der Waals surface area contributed by atoms with Crippen LogP contribution in [0.3, 0.4) is 0 Å². The number of aryl methyl sites for hydroxylation is 3. The molecular formula is C17H18N4OS. The summed E-state index contributed by atoms with van der Waals surface area (Å²) in [5.41, 5.74) is 2.95. The van der Waals surface area contributed by atoms with E-state index in [1.807, 2.05) is 31.2 Å². The van der Waals surface area contributed by atoms with E-state index in [9.17, 15) is 10.1 Å². The molecule has 0 aliphatic rings. The highest BCUT2D eigenvalue weighted by molar-refractivity contribution is 8.00. The van der Waals surface area contributed by atoms with E-state index < -0.39 is 0 Å². The Kier molecular flexibility index (Phi) is 5.35. The molecule has 2 rings (SSSR count). The normalized spacial score (nSPS) is 11.6.